The maximum absolute atomic E-state index is 12.4. The lowest BCUT2D eigenvalue weighted by Crippen LogP contribution is -2.09. The quantitative estimate of drug-likeness (QED) is 0.775. The summed E-state index contributed by atoms with van der Waals surface area (Å²) in [6.07, 6.45) is -4.78. The van der Waals surface area contributed by atoms with Crippen molar-refractivity contribution < 1.29 is 18.0 Å². The number of nitrogens with zero attached hydrogens (tertiary/aromatic N) is 3. The van der Waals surface area contributed by atoms with Gasteiger partial charge in [0.2, 0.25) is 0 Å². The third-order valence-corrected chi connectivity index (χ3v) is 2.15. The highest BCUT2D eigenvalue weighted by molar-refractivity contribution is 6.32. The van der Waals surface area contributed by atoms with E-state index < -0.39 is 22.6 Å². The third-order valence-electron chi connectivity index (χ3n) is 1.75. The summed E-state index contributed by atoms with van der Waals surface area (Å²) in [5, 5.41) is 11.0. The Bertz CT molecular complexity index is 447. The first kappa shape index (κ1) is 12.5. The van der Waals surface area contributed by atoms with Crippen molar-refractivity contribution in [2.45, 2.75) is 19.1 Å². The fourth-order valence-electron chi connectivity index (χ4n) is 1.07. The van der Waals surface area contributed by atoms with Gasteiger partial charge in [0.15, 0.2) is 12.0 Å². The Morgan fingerprint density at radius 2 is 2.19 bits per heavy atom. The second kappa shape index (κ2) is 4.53. The normalized spacial score (nSPS) is 11.2. The van der Waals surface area contributed by atoms with Gasteiger partial charge in [-0.25, -0.2) is 0 Å². The molecule has 0 spiro atoms. The van der Waals surface area contributed by atoms with E-state index in [2.05, 4.69) is 5.10 Å². The van der Waals surface area contributed by atoms with Crippen molar-refractivity contribution in [1.29, 1.82) is 5.26 Å². The molecule has 0 fully saturated rings. The van der Waals surface area contributed by atoms with E-state index in [0.717, 1.165) is 4.68 Å². The summed E-state index contributed by atoms with van der Waals surface area (Å²) in [6.45, 7) is -0.0910. The van der Waals surface area contributed by atoms with Crippen molar-refractivity contribution in [3.8, 4) is 6.07 Å². The van der Waals surface area contributed by atoms with Crippen molar-refractivity contribution in [3.63, 3.8) is 0 Å². The molecule has 86 valence electrons. The number of halogens is 4. The van der Waals surface area contributed by atoms with Gasteiger partial charge in [-0.2, -0.15) is 23.5 Å². The topological polar surface area (TPSA) is 58.7 Å². The van der Waals surface area contributed by atoms with E-state index in [1.54, 1.807) is 6.07 Å². The highest BCUT2D eigenvalue weighted by Gasteiger charge is 2.38. The van der Waals surface area contributed by atoms with Crippen LogP contribution in [0.15, 0.2) is 0 Å². The zero-order valence-corrected chi connectivity index (χ0v) is 8.51. The van der Waals surface area contributed by atoms with Crippen LogP contribution in [0.25, 0.3) is 0 Å². The second-order valence-corrected chi connectivity index (χ2v) is 3.16. The molecule has 0 aliphatic carbocycles. The summed E-state index contributed by atoms with van der Waals surface area (Å²) in [5.41, 5.74) is -2.03. The molecule has 0 N–H and O–H groups in total. The summed E-state index contributed by atoms with van der Waals surface area (Å²) in [4.78, 5) is 10.5. The van der Waals surface area contributed by atoms with E-state index in [-0.39, 0.29) is 19.3 Å². The molecule has 0 aromatic carbocycles. The number of rotatable bonds is 3. The molecule has 0 saturated carbocycles. The van der Waals surface area contributed by atoms with Gasteiger partial charge >= 0.3 is 6.18 Å². The van der Waals surface area contributed by atoms with Crippen LogP contribution in [0.5, 0.6) is 0 Å². The van der Waals surface area contributed by atoms with E-state index in [1.165, 1.54) is 0 Å². The number of carbonyl (C=O) groups is 1. The van der Waals surface area contributed by atoms with E-state index in [9.17, 15) is 18.0 Å². The van der Waals surface area contributed by atoms with E-state index in [0.29, 0.717) is 0 Å². The summed E-state index contributed by atoms with van der Waals surface area (Å²) in [6, 6.07) is 1.74. The Morgan fingerprint density at radius 3 is 2.56 bits per heavy atom. The highest BCUT2D eigenvalue weighted by Crippen LogP contribution is 2.33. The van der Waals surface area contributed by atoms with Crippen molar-refractivity contribution in [3.05, 3.63) is 16.4 Å². The Labute approximate surface area is 93.2 Å². The third kappa shape index (κ3) is 2.33. The molecule has 0 bridgehead atoms. The minimum absolute atomic E-state index is 0.00102. The van der Waals surface area contributed by atoms with Gasteiger partial charge in [-0.05, 0) is 0 Å². The Hall–Kier alpha value is -1.55. The number of nitriles is 1. The SMILES string of the molecule is N#CCCn1nc(C(F)(F)F)c(C=O)c1Cl. The van der Waals surface area contributed by atoms with Gasteiger partial charge in [0.05, 0.1) is 24.6 Å². The van der Waals surface area contributed by atoms with Crippen molar-refractivity contribution in [2.24, 2.45) is 0 Å². The van der Waals surface area contributed by atoms with Crippen LogP contribution in [0.3, 0.4) is 0 Å². The number of aryl methyl sites for hydroxylation is 1. The van der Waals surface area contributed by atoms with Crippen molar-refractivity contribution >= 4 is 17.9 Å². The van der Waals surface area contributed by atoms with Gasteiger partial charge in [-0.1, -0.05) is 11.6 Å². The van der Waals surface area contributed by atoms with Crippen LogP contribution >= 0.6 is 11.6 Å². The lowest BCUT2D eigenvalue weighted by atomic mass is 10.2. The minimum atomic E-state index is -4.74. The minimum Gasteiger partial charge on any atom is -0.298 e. The zero-order chi connectivity index (χ0) is 12.3. The standard InChI is InChI=1S/C8H5ClF3N3O/c9-7-5(4-16)6(8(10,11)12)14-15(7)3-1-2-13/h4H,1,3H2. The van der Waals surface area contributed by atoms with Gasteiger partial charge in [0.25, 0.3) is 0 Å². The first-order chi connectivity index (χ1) is 7.41. The fourth-order valence-corrected chi connectivity index (χ4v) is 1.33. The first-order valence-corrected chi connectivity index (χ1v) is 4.45. The Morgan fingerprint density at radius 1 is 1.56 bits per heavy atom. The zero-order valence-electron chi connectivity index (χ0n) is 7.75. The molecule has 0 aliphatic rings. The number of alkyl halides is 3. The van der Waals surface area contributed by atoms with Crippen LogP contribution < -0.4 is 0 Å². The van der Waals surface area contributed by atoms with E-state index in [4.69, 9.17) is 16.9 Å². The molecule has 1 rings (SSSR count). The van der Waals surface area contributed by atoms with E-state index in [1.807, 2.05) is 0 Å². The Balaban J connectivity index is 3.21. The number of carbonyl (C=O) groups excluding carboxylic acids is 1. The van der Waals surface area contributed by atoms with Crippen LogP contribution in [0, 0.1) is 11.3 Å². The van der Waals surface area contributed by atoms with Crippen molar-refractivity contribution in [1.82, 2.24) is 9.78 Å². The van der Waals surface area contributed by atoms with E-state index >= 15 is 0 Å². The fraction of sp³-hybridized carbons (Fsp3) is 0.375. The largest absolute Gasteiger partial charge is 0.435 e. The van der Waals surface area contributed by atoms with Crippen LogP contribution in [0.4, 0.5) is 13.2 Å². The molecule has 16 heavy (non-hydrogen) atoms. The lowest BCUT2D eigenvalue weighted by Gasteiger charge is -2.01. The summed E-state index contributed by atoms with van der Waals surface area (Å²) >= 11 is 5.53. The second-order valence-electron chi connectivity index (χ2n) is 2.80. The van der Waals surface area contributed by atoms with Crippen molar-refractivity contribution in [2.75, 3.05) is 0 Å². The average molecular weight is 252 g/mol. The average Bonchev–Trinajstić information content (AvgIpc) is 2.51. The van der Waals surface area contributed by atoms with Crippen LogP contribution in [0.2, 0.25) is 5.15 Å². The van der Waals surface area contributed by atoms with Crippen LogP contribution in [-0.4, -0.2) is 16.1 Å². The van der Waals surface area contributed by atoms with Gasteiger partial charge in [0, 0.05) is 0 Å². The monoisotopic (exact) mass is 251 g/mol. The van der Waals surface area contributed by atoms with Gasteiger partial charge in [-0.15, -0.1) is 0 Å². The predicted molar refractivity (Wildman–Crippen MR) is 47.9 cm³/mol. The molecule has 0 aliphatic heterocycles. The maximum Gasteiger partial charge on any atom is 0.435 e. The van der Waals surface area contributed by atoms with Crippen LogP contribution in [-0.2, 0) is 12.7 Å². The lowest BCUT2D eigenvalue weighted by molar-refractivity contribution is -0.141. The molecule has 4 nitrogen and oxygen atoms in total. The molecule has 0 saturated heterocycles. The molecule has 0 unspecified atom stereocenters. The highest BCUT2D eigenvalue weighted by atomic mass is 35.5. The molecule has 1 heterocycles. The predicted octanol–water partition coefficient (Wildman–Crippen LogP) is 2.28. The molecular formula is C8H5ClF3N3O. The molecule has 8 heteroatoms. The van der Waals surface area contributed by atoms with Gasteiger partial charge in [0.1, 0.15) is 5.15 Å². The molecule has 0 amide bonds. The first-order valence-electron chi connectivity index (χ1n) is 4.07. The number of aldehydes is 1. The molecular weight excluding hydrogens is 247 g/mol. The summed E-state index contributed by atoms with van der Waals surface area (Å²) in [5.74, 6) is 0. The maximum atomic E-state index is 12.4. The number of aromatic nitrogens is 2. The summed E-state index contributed by atoms with van der Waals surface area (Å²) < 4.78 is 38.0. The summed E-state index contributed by atoms with van der Waals surface area (Å²) in [7, 11) is 0. The molecule has 0 atom stereocenters. The molecule has 1 aromatic rings. The number of hydrogen-bond acceptors (Lipinski definition) is 3. The smallest absolute Gasteiger partial charge is 0.298 e. The molecule has 1 aromatic heterocycles. The van der Waals surface area contributed by atoms with Crippen LogP contribution in [0.1, 0.15) is 22.5 Å². The van der Waals surface area contributed by atoms with Gasteiger partial charge in [-0.3, -0.25) is 9.48 Å². The number of hydrogen-bond donors (Lipinski definition) is 0. The molecule has 0 radical (unpaired) electrons. The van der Waals surface area contributed by atoms with Gasteiger partial charge < -0.3 is 0 Å². The Kier molecular flexibility index (Phi) is 3.55.